The first-order chi connectivity index (χ1) is 9.40. The number of nitrogens with one attached hydrogen (secondary N) is 2. The number of carboxylic acids is 1. The van der Waals surface area contributed by atoms with Gasteiger partial charge in [-0.05, 0) is 19.4 Å². The molecule has 0 saturated carbocycles. The smallest absolute Gasteiger partial charge is 0.303 e. The predicted molar refractivity (Wildman–Crippen MR) is 69.8 cm³/mol. The van der Waals surface area contributed by atoms with Crippen molar-refractivity contribution in [1.29, 1.82) is 0 Å². The van der Waals surface area contributed by atoms with Gasteiger partial charge in [-0.1, -0.05) is 0 Å². The van der Waals surface area contributed by atoms with Gasteiger partial charge in [-0.2, -0.15) is 0 Å². The number of carbonyl (C=O) groups excluding carboxylic acids is 2. The largest absolute Gasteiger partial charge is 0.481 e. The van der Waals surface area contributed by atoms with Gasteiger partial charge in [0.2, 0.25) is 11.8 Å². The summed E-state index contributed by atoms with van der Waals surface area (Å²) in [5.74, 6) is -1.90. The van der Waals surface area contributed by atoms with Crippen molar-refractivity contribution in [2.45, 2.75) is 31.8 Å². The minimum Gasteiger partial charge on any atom is -0.481 e. The fourth-order valence-corrected chi connectivity index (χ4v) is 1.49. The molecule has 8 nitrogen and oxygen atoms in total. The molecule has 2 amide bonds. The van der Waals surface area contributed by atoms with Crippen LogP contribution < -0.4 is 16.4 Å². The maximum Gasteiger partial charge on any atom is 0.303 e. The van der Waals surface area contributed by atoms with E-state index in [-0.39, 0.29) is 12.8 Å². The van der Waals surface area contributed by atoms with E-state index in [1.54, 1.807) is 19.1 Å². The summed E-state index contributed by atoms with van der Waals surface area (Å²) >= 11 is 0. The molecule has 0 fully saturated rings. The van der Waals surface area contributed by atoms with Gasteiger partial charge in [0.1, 0.15) is 12.1 Å². The predicted octanol–water partition coefficient (Wildman–Crippen LogP) is -0.0851. The van der Waals surface area contributed by atoms with Crippen molar-refractivity contribution in [3.05, 3.63) is 18.4 Å². The molecule has 0 aromatic carbocycles. The first-order valence-electron chi connectivity index (χ1n) is 6.01. The number of nitrogens with two attached hydrogens (primary N) is 1. The number of furan rings is 1. The lowest BCUT2D eigenvalue weighted by molar-refractivity contribution is -0.137. The summed E-state index contributed by atoms with van der Waals surface area (Å²) in [5, 5.41) is 13.8. The summed E-state index contributed by atoms with van der Waals surface area (Å²) in [7, 11) is 0. The summed E-state index contributed by atoms with van der Waals surface area (Å²) in [6.07, 6.45) is 1.14. The minimum atomic E-state index is -1.06. The summed E-state index contributed by atoms with van der Waals surface area (Å²) in [6.45, 7) is 1.58. The van der Waals surface area contributed by atoms with Gasteiger partial charge in [0.15, 0.2) is 5.88 Å². The molecule has 1 heterocycles. The summed E-state index contributed by atoms with van der Waals surface area (Å²) in [5.41, 5.74) is 5.12. The lowest BCUT2D eigenvalue weighted by Gasteiger charge is -2.18. The molecule has 0 aliphatic carbocycles. The van der Waals surface area contributed by atoms with Crippen LogP contribution in [0, 0.1) is 0 Å². The zero-order valence-electron chi connectivity index (χ0n) is 11.0. The third-order valence-electron chi connectivity index (χ3n) is 2.58. The zero-order valence-corrected chi connectivity index (χ0v) is 11.0. The van der Waals surface area contributed by atoms with Gasteiger partial charge in [0.05, 0.1) is 6.26 Å². The molecule has 5 N–H and O–H groups in total. The summed E-state index contributed by atoms with van der Waals surface area (Å²) in [4.78, 5) is 33.5. The quantitative estimate of drug-likeness (QED) is 0.527. The second kappa shape index (κ2) is 7.17. The fraction of sp³-hybridized carbons (Fsp3) is 0.417. The van der Waals surface area contributed by atoms with Crippen LogP contribution >= 0.6 is 0 Å². The van der Waals surface area contributed by atoms with E-state index >= 15 is 0 Å². The first-order valence-corrected chi connectivity index (χ1v) is 6.01. The van der Waals surface area contributed by atoms with Crippen molar-refractivity contribution in [2.75, 3.05) is 5.32 Å². The van der Waals surface area contributed by atoms with Crippen molar-refractivity contribution >= 4 is 23.7 Å². The first kappa shape index (κ1) is 15.5. The Morgan fingerprint density at radius 1 is 1.45 bits per heavy atom. The summed E-state index contributed by atoms with van der Waals surface area (Å²) in [6, 6.07) is 1.62. The molecule has 0 bridgehead atoms. The van der Waals surface area contributed by atoms with E-state index in [9.17, 15) is 14.4 Å². The van der Waals surface area contributed by atoms with Gasteiger partial charge in [0, 0.05) is 12.5 Å². The van der Waals surface area contributed by atoms with Crippen molar-refractivity contribution in [2.24, 2.45) is 5.73 Å². The maximum absolute atomic E-state index is 11.9. The number of hydrogen-bond donors (Lipinski definition) is 4. The van der Waals surface area contributed by atoms with Crippen LogP contribution in [0.25, 0.3) is 0 Å². The van der Waals surface area contributed by atoms with E-state index in [2.05, 4.69) is 10.6 Å². The molecule has 0 spiro atoms. The molecular formula is C12H17N3O5. The van der Waals surface area contributed by atoms with Crippen molar-refractivity contribution in [1.82, 2.24) is 5.32 Å². The Labute approximate surface area is 115 Å². The van der Waals surface area contributed by atoms with Gasteiger partial charge < -0.3 is 25.9 Å². The van der Waals surface area contributed by atoms with Gasteiger partial charge in [-0.25, -0.2) is 0 Å². The highest BCUT2D eigenvalue weighted by atomic mass is 16.4. The van der Waals surface area contributed by atoms with Crippen LogP contribution in [-0.2, 0) is 14.4 Å². The molecule has 110 valence electrons. The van der Waals surface area contributed by atoms with Crippen LogP contribution in [0.2, 0.25) is 0 Å². The molecule has 1 aromatic rings. The maximum atomic E-state index is 11.9. The van der Waals surface area contributed by atoms with Gasteiger partial charge in [0.25, 0.3) is 0 Å². The van der Waals surface area contributed by atoms with Crippen LogP contribution in [0.5, 0.6) is 0 Å². The van der Waals surface area contributed by atoms with Crippen LogP contribution in [0.4, 0.5) is 5.88 Å². The number of primary amides is 1. The number of aliphatic carboxylic acids is 1. The minimum absolute atomic E-state index is 0.0517. The highest BCUT2D eigenvalue weighted by molar-refractivity contribution is 5.90. The number of anilines is 1. The number of carboxylic acid groups (broad SMARTS) is 1. The van der Waals surface area contributed by atoms with Crippen molar-refractivity contribution in [3.8, 4) is 0 Å². The molecule has 1 rings (SSSR count). The number of hydrogen-bond acceptors (Lipinski definition) is 5. The van der Waals surface area contributed by atoms with E-state index in [0.29, 0.717) is 5.88 Å². The Hall–Kier alpha value is -2.51. The SMILES string of the molecule is CC(Nc1ccco1)C(=O)NC(CCC(=O)O)C(N)=O. The average molecular weight is 283 g/mol. The summed E-state index contributed by atoms with van der Waals surface area (Å²) < 4.78 is 5.03. The van der Waals surface area contributed by atoms with Crippen molar-refractivity contribution < 1.29 is 23.9 Å². The second-order valence-electron chi connectivity index (χ2n) is 4.24. The molecule has 0 aliphatic rings. The second-order valence-corrected chi connectivity index (χ2v) is 4.24. The van der Waals surface area contributed by atoms with E-state index < -0.39 is 29.9 Å². The number of carbonyl (C=O) groups is 3. The van der Waals surface area contributed by atoms with Crippen molar-refractivity contribution in [3.63, 3.8) is 0 Å². The van der Waals surface area contributed by atoms with Gasteiger partial charge in [-0.3, -0.25) is 14.4 Å². The molecule has 1 aromatic heterocycles. The van der Waals surface area contributed by atoms with E-state index in [4.69, 9.17) is 15.3 Å². The molecule has 2 atom stereocenters. The lowest BCUT2D eigenvalue weighted by atomic mass is 10.1. The van der Waals surface area contributed by atoms with E-state index in [1.165, 1.54) is 6.26 Å². The molecule has 2 unspecified atom stereocenters. The molecule has 0 aliphatic heterocycles. The van der Waals surface area contributed by atoms with E-state index in [0.717, 1.165) is 0 Å². The fourth-order valence-electron chi connectivity index (χ4n) is 1.49. The average Bonchev–Trinajstić information content (AvgIpc) is 2.86. The standard InChI is InChI=1S/C12H17N3O5/c1-7(14-9-3-2-6-20-9)12(19)15-8(11(13)18)4-5-10(16)17/h2-3,6-8,14H,4-5H2,1H3,(H2,13,18)(H,15,19)(H,16,17). The third kappa shape index (κ3) is 5.01. The molecule has 0 radical (unpaired) electrons. The molecule has 8 heteroatoms. The normalized spacial score (nSPS) is 13.2. The third-order valence-corrected chi connectivity index (χ3v) is 2.58. The van der Waals surface area contributed by atoms with Gasteiger partial charge in [-0.15, -0.1) is 0 Å². The van der Waals surface area contributed by atoms with Gasteiger partial charge >= 0.3 is 5.97 Å². The van der Waals surface area contributed by atoms with Crippen LogP contribution in [-0.4, -0.2) is 35.0 Å². The van der Waals surface area contributed by atoms with Crippen LogP contribution in [0.1, 0.15) is 19.8 Å². The number of amides is 2. The zero-order chi connectivity index (χ0) is 15.1. The molecule has 20 heavy (non-hydrogen) atoms. The van der Waals surface area contributed by atoms with Crippen LogP contribution in [0.3, 0.4) is 0 Å². The number of rotatable bonds is 8. The van der Waals surface area contributed by atoms with Crippen LogP contribution in [0.15, 0.2) is 22.8 Å². The lowest BCUT2D eigenvalue weighted by Crippen LogP contribution is -2.49. The monoisotopic (exact) mass is 283 g/mol. The Bertz CT molecular complexity index is 471. The highest BCUT2D eigenvalue weighted by Gasteiger charge is 2.22. The van der Waals surface area contributed by atoms with E-state index in [1.807, 2.05) is 0 Å². The Kier molecular flexibility index (Phi) is 5.57. The molecule has 0 saturated heterocycles. The highest BCUT2D eigenvalue weighted by Crippen LogP contribution is 2.08. The molecular weight excluding hydrogens is 266 g/mol. The Morgan fingerprint density at radius 3 is 2.65 bits per heavy atom. The topological polar surface area (TPSA) is 135 Å². The Balaban J connectivity index is 2.52. The Morgan fingerprint density at radius 2 is 2.15 bits per heavy atom.